The Hall–Kier alpha value is -3.09. The van der Waals surface area contributed by atoms with Gasteiger partial charge in [0.05, 0.1) is 12.1 Å². The molecular formula is C17H16N4O3. The maximum atomic E-state index is 12.9. The van der Waals surface area contributed by atoms with Crippen molar-refractivity contribution in [1.82, 2.24) is 19.7 Å². The van der Waals surface area contributed by atoms with Crippen LogP contribution in [0.2, 0.25) is 0 Å². The number of hydrogen-bond donors (Lipinski definition) is 2. The summed E-state index contributed by atoms with van der Waals surface area (Å²) in [7, 11) is 1.74. The van der Waals surface area contributed by atoms with Crippen LogP contribution in [-0.4, -0.2) is 43.2 Å². The zero-order valence-corrected chi connectivity index (χ0v) is 13.1. The smallest absolute Gasteiger partial charge is 0.356 e. The Bertz CT molecular complexity index is 970. The van der Waals surface area contributed by atoms with Gasteiger partial charge in [-0.05, 0) is 6.07 Å². The SMILES string of the molecule is Cn1nc(C(=O)O)c2c1CCN(C(=O)c1c[nH]c3ccccc13)C2. The second-order valence-corrected chi connectivity index (χ2v) is 5.93. The Morgan fingerprint density at radius 2 is 2.08 bits per heavy atom. The molecule has 0 aliphatic carbocycles. The number of amides is 1. The summed E-state index contributed by atoms with van der Waals surface area (Å²) in [5.41, 5.74) is 3.06. The molecule has 7 heteroatoms. The summed E-state index contributed by atoms with van der Waals surface area (Å²) in [6, 6.07) is 7.63. The Morgan fingerprint density at radius 3 is 2.88 bits per heavy atom. The molecule has 3 aromatic rings. The quantitative estimate of drug-likeness (QED) is 0.752. The molecule has 0 radical (unpaired) electrons. The normalized spacial score (nSPS) is 14.0. The third-order valence-corrected chi connectivity index (χ3v) is 4.55. The van der Waals surface area contributed by atoms with Crippen molar-refractivity contribution in [1.29, 1.82) is 0 Å². The van der Waals surface area contributed by atoms with Crippen LogP contribution in [0.3, 0.4) is 0 Å². The second-order valence-electron chi connectivity index (χ2n) is 5.93. The van der Waals surface area contributed by atoms with Crippen LogP contribution in [0.5, 0.6) is 0 Å². The number of aromatic nitrogens is 3. The van der Waals surface area contributed by atoms with E-state index in [4.69, 9.17) is 0 Å². The van der Waals surface area contributed by atoms with E-state index in [-0.39, 0.29) is 18.1 Å². The first-order valence-electron chi connectivity index (χ1n) is 7.69. The highest BCUT2D eigenvalue weighted by Crippen LogP contribution is 2.25. The number of carbonyl (C=O) groups excluding carboxylic acids is 1. The van der Waals surface area contributed by atoms with Gasteiger partial charge in [0.1, 0.15) is 0 Å². The monoisotopic (exact) mass is 324 g/mol. The zero-order valence-electron chi connectivity index (χ0n) is 13.1. The molecule has 1 amide bonds. The molecule has 0 atom stereocenters. The van der Waals surface area contributed by atoms with E-state index in [2.05, 4.69) is 10.1 Å². The first-order chi connectivity index (χ1) is 11.6. The molecule has 0 saturated carbocycles. The van der Waals surface area contributed by atoms with Crippen LogP contribution in [0.1, 0.15) is 32.1 Å². The number of fused-ring (bicyclic) bond motifs is 2. The highest BCUT2D eigenvalue weighted by molar-refractivity contribution is 6.06. The average molecular weight is 324 g/mol. The van der Waals surface area contributed by atoms with Crippen molar-refractivity contribution in [2.45, 2.75) is 13.0 Å². The third kappa shape index (κ3) is 2.09. The Balaban J connectivity index is 1.69. The van der Waals surface area contributed by atoms with Crippen molar-refractivity contribution < 1.29 is 14.7 Å². The molecule has 2 aromatic heterocycles. The lowest BCUT2D eigenvalue weighted by atomic mass is 10.0. The predicted octanol–water partition coefficient (Wildman–Crippen LogP) is 1.80. The lowest BCUT2D eigenvalue weighted by Gasteiger charge is -2.27. The topological polar surface area (TPSA) is 91.2 Å². The van der Waals surface area contributed by atoms with Crippen LogP contribution in [0, 0.1) is 0 Å². The molecular weight excluding hydrogens is 308 g/mol. The summed E-state index contributed by atoms with van der Waals surface area (Å²) >= 11 is 0. The Morgan fingerprint density at radius 1 is 1.29 bits per heavy atom. The van der Waals surface area contributed by atoms with E-state index < -0.39 is 5.97 Å². The largest absolute Gasteiger partial charge is 0.476 e. The molecule has 0 unspecified atom stereocenters. The minimum absolute atomic E-state index is 0.0314. The van der Waals surface area contributed by atoms with Gasteiger partial charge in [-0.3, -0.25) is 9.48 Å². The van der Waals surface area contributed by atoms with Gasteiger partial charge in [0.2, 0.25) is 0 Å². The van der Waals surface area contributed by atoms with Crippen LogP contribution in [0.4, 0.5) is 0 Å². The lowest BCUT2D eigenvalue weighted by molar-refractivity contribution is 0.0674. The molecule has 2 N–H and O–H groups in total. The highest BCUT2D eigenvalue weighted by atomic mass is 16.4. The molecule has 0 bridgehead atoms. The summed E-state index contributed by atoms with van der Waals surface area (Å²) in [4.78, 5) is 29.1. The molecule has 0 fully saturated rings. The van der Waals surface area contributed by atoms with Gasteiger partial charge in [0.25, 0.3) is 5.91 Å². The molecule has 1 aliphatic heterocycles. The number of H-pyrrole nitrogens is 1. The minimum Gasteiger partial charge on any atom is -0.476 e. The standard InChI is InChI=1S/C17H16N4O3/c1-20-14-6-7-21(9-12(14)15(19-20)17(23)24)16(22)11-8-18-13-5-3-2-4-10(11)13/h2-5,8,18H,6-7,9H2,1H3,(H,23,24). The lowest BCUT2D eigenvalue weighted by Crippen LogP contribution is -2.36. The number of hydrogen-bond acceptors (Lipinski definition) is 3. The van der Waals surface area contributed by atoms with Crippen molar-refractivity contribution in [3.63, 3.8) is 0 Å². The van der Waals surface area contributed by atoms with Crippen LogP contribution in [0.15, 0.2) is 30.5 Å². The van der Waals surface area contributed by atoms with Gasteiger partial charge in [-0.25, -0.2) is 4.79 Å². The fraction of sp³-hybridized carbons (Fsp3) is 0.235. The van der Waals surface area contributed by atoms with Crippen molar-refractivity contribution in [3.05, 3.63) is 53.0 Å². The van der Waals surface area contributed by atoms with Crippen LogP contribution in [0.25, 0.3) is 10.9 Å². The van der Waals surface area contributed by atoms with Crippen LogP contribution in [-0.2, 0) is 20.0 Å². The fourth-order valence-electron chi connectivity index (χ4n) is 3.36. The van der Waals surface area contributed by atoms with E-state index in [0.29, 0.717) is 24.1 Å². The number of rotatable bonds is 2. The van der Waals surface area contributed by atoms with E-state index in [9.17, 15) is 14.7 Å². The van der Waals surface area contributed by atoms with Gasteiger partial charge in [0.15, 0.2) is 5.69 Å². The summed E-state index contributed by atoms with van der Waals surface area (Å²) in [5, 5.41) is 14.3. The van der Waals surface area contributed by atoms with E-state index in [1.54, 1.807) is 22.8 Å². The minimum atomic E-state index is -1.06. The summed E-state index contributed by atoms with van der Waals surface area (Å²) in [5.74, 6) is -1.16. The summed E-state index contributed by atoms with van der Waals surface area (Å²) in [6.45, 7) is 0.813. The fourth-order valence-corrected chi connectivity index (χ4v) is 3.36. The molecule has 4 rings (SSSR count). The van der Waals surface area contributed by atoms with Gasteiger partial charge in [-0.15, -0.1) is 0 Å². The molecule has 24 heavy (non-hydrogen) atoms. The molecule has 122 valence electrons. The van der Waals surface area contributed by atoms with E-state index in [1.807, 2.05) is 24.3 Å². The number of benzene rings is 1. The summed E-state index contributed by atoms with van der Waals surface area (Å²) < 4.78 is 1.60. The second kappa shape index (κ2) is 5.23. The van der Waals surface area contributed by atoms with Crippen LogP contribution < -0.4 is 0 Å². The van der Waals surface area contributed by atoms with Crippen molar-refractivity contribution in [2.24, 2.45) is 7.05 Å². The van der Waals surface area contributed by atoms with E-state index in [1.165, 1.54) is 0 Å². The summed E-state index contributed by atoms with van der Waals surface area (Å²) in [6.07, 6.45) is 2.31. The maximum Gasteiger partial charge on any atom is 0.356 e. The van der Waals surface area contributed by atoms with Gasteiger partial charge in [-0.1, -0.05) is 18.2 Å². The van der Waals surface area contributed by atoms with Crippen LogP contribution >= 0.6 is 0 Å². The number of aryl methyl sites for hydroxylation is 1. The molecule has 0 saturated heterocycles. The maximum absolute atomic E-state index is 12.9. The number of nitrogens with zero attached hydrogens (tertiary/aromatic N) is 3. The number of nitrogens with one attached hydrogen (secondary N) is 1. The zero-order chi connectivity index (χ0) is 16.8. The number of aromatic amines is 1. The van der Waals surface area contributed by atoms with Gasteiger partial charge in [0, 0.05) is 48.4 Å². The molecule has 1 aliphatic rings. The number of carboxylic acid groups (broad SMARTS) is 1. The van der Waals surface area contributed by atoms with Gasteiger partial charge < -0.3 is 15.0 Å². The molecule has 1 aromatic carbocycles. The predicted molar refractivity (Wildman–Crippen MR) is 86.9 cm³/mol. The van der Waals surface area contributed by atoms with Gasteiger partial charge >= 0.3 is 5.97 Å². The third-order valence-electron chi connectivity index (χ3n) is 4.55. The van der Waals surface area contributed by atoms with Crippen molar-refractivity contribution in [2.75, 3.05) is 6.54 Å². The first-order valence-corrected chi connectivity index (χ1v) is 7.69. The number of aromatic carboxylic acids is 1. The van der Waals surface area contributed by atoms with E-state index >= 15 is 0 Å². The average Bonchev–Trinajstić information content (AvgIpc) is 3.15. The van der Waals surface area contributed by atoms with Crippen molar-refractivity contribution in [3.8, 4) is 0 Å². The Labute approximate surface area is 137 Å². The number of carbonyl (C=O) groups is 2. The molecule has 0 spiro atoms. The molecule has 3 heterocycles. The molecule has 7 nitrogen and oxygen atoms in total. The van der Waals surface area contributed by atoms with Crippen molar-refractivity contribution >= 4 is 22.8 Å². The first kappa shape index (κ1) is 14.5. The number of carboxylic acids is 1. The van der Waals surface area contributed by atoms with E-state index in [0.717, 1.165) is 16.6 Å². The highest BCUT2D eigenvalue weighted by Gasteiger charge is 2.30. The van der Waals surface area contributed by atoms with Gasteiger partial charge in [-0.2, -0.15) is 5.10 Å². The number of para-hydroxylation sites is 1. The Kier molecular flexibility index (Phi) is 3.16.